The molecule has 1 amide bonds. The molecule has 1 aliphatic heterocycles. The van der Waals surface area contributed by atoms with Crippen LogP contribution < -0.4 is 10.6 Å². The van der Waals surface area contributed by atoms with Crippen LogP contribution in [0, 0.1) is 5.82 Å². The Kier molecular flexibility index (Phi) is 3.62. The lowest BCUT2D eigenvalue weighted by Gasteiger charge is -2.15. The Morgan fingerprint density at radius 2 is 2.10 bits per heavy atom. The first-order valence-corrected chi connectivity index (χ1v) is 7.63. The number of fused-ring (bicyclic) bond motifs is 1. The van der Waals surface area contributed by atoms with Gasteiger partial charge in [0.05, 0.1) is 10.6 Å². The summed E-state index contributed by atoms with van der Waals surface area (Å²) in [5, 5.41) is 5.61. The number of carbonyl (C=O) groups excluding carboxylic acids is 1. The molecule has 2 aromatic rings. The molecule has 5 nitrogen and oxygen atoms in total. The van der Waals surface area contributed by atoms with E-state index < -0.39 is 9.05 Å². The topological polar surface area (TPSA) is 66.9 Å². The van der Waals surface area contributed by atoms with Gasteiger partial charge >= 0.3 is 0 Å². The molecule has 21 heavy (non-hydrogen) atoms. The van der Waals surface area contributed by atoms with E-state index in [1.54, 1.807) is 0 Å². The summed E-state index contributed by atoms with van der Waals surface area (Å²) >= 11 is 12.3. The maximum atomic E-state index is 13.2. The number of amides is 1. The maximum absolute atomic E-state index is 13.2. The van der Waals surface area contributed by atoms with Gasteiger partial charge in [-0.2, -0.15) is 0 Å². The van der Waals surface area contributed by atoms with E-state index in [0.717, 1.165) is 0 Å². The Labute approximate surface area is 140 Å². The second-order valence-electron chi connectivity index (χ2n) is 4.23. The van der Waals surface area contributed by atoms with Crippen LogP contribution in [0.3, 0.4) is 0 Å². The van der Waals surface area contributed by atoms with Crippen LogP contribution in [0.5, 0.6) is 0 Å². The standard InChI is InChI=1S/C12H6Br2ClFN4O/c13-12(14)8-9(17-4-18-10(8)20-11(12)21)19-5-1-2-7(16)6(15)3-5/h1-4H,(H2,17,18,19,20,21). The van der Waals surface area contributed by atoms with E-state index in [0.29, 0.717) is 22.9 Å². The van der Waals surface area contributed by atoms with Gasteiger partial charge in [-0.25, -0.2) is 14.4 Å². The molecule has 1 aromatic carbocycles. The SMILES string of the molecule is O=C1Nc2ncnc(Nc3ccc(F)c(Cl)c3)c2C1(Br)Br. The molecule has 2 heterocycles. The lowest BCUT2D eigenvalue weighted by atomic mass is 10.2. The molecule has 3 rings (SSSR count). The zero-order chi connectivity index (χ0) is 15.2. The largest absolute Gasteiger partial charge is 0.340 e. The Morgan fingerprint density at radius 3 is 2.81 bits per heavy atom. The molecule has 0 fully saturated rings. The van der Waals surface area contributed by atoms with Gasteiger partial charge in [0.15, 0.2) is 3.23 Å². The molecular formula is C12H6Br2ClFN4O. The fourth-order valence-electron chi connectivity index (χ4n) is 1.88. The summed E-state index contributed by atoms with van der Waals surface area (Å²) in [6.45, 7) is 0. The van der Waals surface area contributed by atoms with Gasteiger partial charge in [-0.05, 0) is 18.2 Å². The van der Waals surface area contributed by atoms with Crippen molar-refractivity contribution in [2.75, 3.05) is 10.6 Å². The van der Waals surface area contributed by atoms with Gasteiger partial charge in [0.2, 0.25) is 0 Å². The predicted molar refractivity (Wildman–Crippen MR) is 84.9 cm³/mol. The summed E-state index contributed by atoms with van der Waals surface area (Å²) in [6.07, 6.45) is 1.31. The fourth-order valence-corrected chi connectivity index (χ4v) is 3.01. The van der Waals surface area contributed by atoms with E-state index in [9.17, 15) is 9.18 Å². The van der Waals surface area contributed by atoms with Crippen LogP contribution in [0.1, 0.15) is 5.56 Å². The number of anilines is 3. The van der Waals surface area contributed by atoms with Crippen LogP contribution in [0.2, 0.25) is 5.02 Å². The molecule has 0 aliphatic carbocycles. The quantitative estimate of drug-likeness (QED) is 0.701. The Hall–Kier alpha value is -1.25. The van der Waals surface area contributed by atoms with E-state index in [4.69, 9.17) is 11.6 Å². The molecule has 0 saturated carbocycles. The van der Waals surface area contributed by atoms with Crippen molar-refractivity contribution >= 4 is 66.7 Å². The summed E-state index contributed by atoms with van der Waals surface area (Å²) in [5.41, 5.74) is 1.05. The third kappa shape index (κ3) is 2.51. The highest BCUT2D eigenvalue weighted by molar-refractivity contribution is 9.25. The molecule has 0 radical (unpaired) electrons. The molecule has 1 aromatic heterocycles. The lowest BCUT2D eigenvalue weighted by molar-refractivity contribution is -0.115. The predicted octanol–water partition coefficient (Wildman–Crippen LogP) is 3.91. The van der Waals surface area contributed by atoms with Gasteiger partial charge in [-0.3, -0.25) is 4.79 Å². The Balaban J connectivity index is 2.04. The summed E-state index contributed by atoms with van der Waals surface area (Å²) in [4.78, 5) is 20.0. The molecule has 9 heteroatoms. The number of nitrogens with zero attached hydrogens (tertiary/aromatic N) is 2. The third-order valence-electron chi connectivity index (χ3n) is 2.86. The van der Waals surface area contributed by atoms with E-state index in [2.05, 4.69) is 52.5 Å². The first kappa shape index (κ1) is 14.7. The van der Waals surface area contributed by atoms with Crippen molar-refractivity contribution in [2.24, 2.45) is 0 Å². The Morgan fingerprint density at radius 1 is 1.33 bits per heavy atom. The molecule has 0 bridgehead atoms. The number of benzene rings is 1. The highest BCUT2D eigenvalue weighted by Crippen LogP contribution is 2.49. The number of alkyl halides is 2. The zero-order valence-corrected chi connectivity index (χ0v) is 14.1. The van der Waals surface area contributed by atoms with E-state index >= 15 is 0 Å². The minimum Gasteiger partial charge on any atom is -0.340 e. The lowest BCUT2D eigenvalue weighted by Crippen LogP contribution is -2.21. The number of nitrogens with one attached hydrogen (secondary N) is 2. The summed E-state index contributed by atoms with van der Waals surface area (Å²) in [5.74, 6) is -0.0327. The zero-order valence-electron chi connectivity index (χ0n) is 10.1. The summed E-state index contributed by atoms with van der Waals surface area (Å²) in [7, 11) is 0. The minimum absolute atomic E-state index is 0.0103. The Bertz CT molecular complexity index is 756. The van der Waals surface area contributed by atoms with Crippen molar-refractivity contribution in [3.63, 3.8) is 0 Å². The monoisotopic (exact) mass is 434 g/mol. The maximum Gasteiger partial charge on any atom is 0.258 e. The van der Waals surface area contributed by atoms with Crippen molar-refractivity contribution in [1.29, 1.82) is 0 Å². The number of hydrogen-bond donors (Lipinski definition) is 2. The van der Waals surface area contributed by atoms with Gasteiger partial charge in [0.25, 0.3) is 5.91 Å². The summed E-state index contributed by atoms with van der Waals surface area (Å²) < 4.78 is 12.1. The second kappa shape index (κ2) is 5.19. The van der Waals surface area contributed by atoms with Crippen LogP contribution in [0.4, 0.5) is 21.7 Å². The van der Waals surface area contributed by atoms with Crippen LogP contribution in [-0.4, -0.2) is 15.9 Å². The van der Waals surface area contributed by atoms with E-state index in [-0.39, 0.29) is 10.9 Å². The first-order valence-electron chi connectivity index (χ1n) is 5.66. The number of rotatable bonds is 2. The van der Waals surface area contributed by atoms with E-state index in [1.807, 2.05) is 0 Å². The van der Waals surface area contributed by atoms with Gasteiger partial charge in [0.1, 0.15) is 23.8 Å². The number of carbonyl (C=O) groups is 1. The normalized spacial score (nSPS) is 15.5. The molecule has 0 saturated heterocycles. The molecule has 0 unspecified atom stereocenters. The van der Waals surface area contributed by atoms with Gasteiger partial charge in [0, 0.05) is 5.69 Å². The van der Waals surface area contributed by atoms with Crippen molar-refractivity contribution < 1.29 is 9.18 Å². The van der Waals surface area contributed by atoms with Crippen molar-refractivity contribution in [1.82, 2.24) is 9.97 Å². The van der Waals surface area contributed by atoms with E-state index in [1.165, 1.54) is 24.5 Å². The molecule has 108 valence electrons. The second-order valence-corrected chi connectivity index (χ2v) is 8.08. The highest BCUT2D eigenvalue weighted by Gasteiger charge is 2.46. The first-order chi connectivity index (χ1) is 9.89. The van der Waals surface area contributed by atoms with Gasteiger partial charge in [-0.15, -0.1) is 0 Å². The molecular weight excluding hydrogens is 430 g/mol. The number of hydrogen-bond acceptors (Lipinski definition) is 4. The fraction of sp³-hybridized carbons (Fsp3) is 0.0833. The van der Waals surface area contributed by atoms with Crippen molar-refractivity contribution in [3.8, 4) is 0 Å². The number of aromatic nitrogens is 2. The summed E-state index contributed by atoms with van der Waals surface area (Å²) in [6, 6.07) is 4.19. The molecule has 1 aliphatic rings. The minimum atomic E-state index is -1.12. The van der Waals surface area contributed by atoms with Crippen LogP contribution >= 0.6 is 43.5 Å². The van der Waals surface area contributed by atoms with Crippen molar-refractivity contribution in [2.45, 2.75) is 3.23 Å². The van der Waals surface area contributed by atoms with Gasteiger partial charge in [-0.1, -0.05) is 43.5 Å². The van der Waals surface area contributed by atoms with Crippen LogP contribution in [0.25, 0.3) is 0 Å². The average Bonchev–Trinajstić information content (AvgIpc) is 2.65. The van der Waals surface area contributed by atoms with Gasteiger partial charge < -0.3 is 10.6 Å². The molecule has 0 spiro atoms. The van der Waals surface area contributed by atoms with Crippen LogP contribution in [-0.2, 0) is 8.03 Å². The van der Waals surface area contributed by atoms with Crippen molar-refractivity contribution in [3.05, 3.63) is 40.9 Å². The average molecular weight is 436 g/mol. The smallest absolute Gasteiger partial charge is 0.258 e. The number of halogens is 4. The van der Waals surface area contributed by atoms with Crippen LogP contribution in [0.15, 0.2) is 24.5 Å². The third-order valence-corrected chi connectivity index (χ3v) is 4.66. The highest BCUT2D eigenvalue weighted by atomic mass is 79.9. The molecule has 2 N–H and O–H groups in total. The molecule has 0 atom stereocenters.